The molecule has 2 rings (SSSR count). The van der Waals surface area contributed by atoms with Crippen molar-refractivity contribution in [3.63, 3.8) is 0 Å². The molecule has 1 unspecified atom stereocenters. The highest BCUT2D eigenvalue weighted by Crippen LogP contribution is 2.31. The number of carbonyl (C=O) groups excluding carboxylic acids is 1. The first kappa shape index (κ1) is 17.6. The predicted molar refractivity (Wildman–Crippen MR) is 96.3 cm³/mol. The Bertz CT molecular complexity index is 549. The van der Waals surface area contributed by atoms with Crippen LogP contribution in [0.2, 0.25) is 0 Å². The summed E-state index contributed by atoms with van der Waals surface area (Å²) in [6, 6.07) is 6.27. The molecule has 0 saturated carbocycles. The van der Waals surface area contributed by atoms with Gasteiger partial charge < -0.3 is 10.1 Å². The van der Waals surface area contributed by atoms with Gasteiger partial charge in [-0.1, -0.05) is 20.3 Å². The number of ether oxygens (including phenoxy) is 1. The first-order valence-electron chi connectivity index (χ1n) is 8.67. The van der Waals surface area contributed by atoms with Crippen molar-refractivity contribution in [2.75, 3.05) is 23.3 Å². The predicted octanol–water partition coefficient (Wildman–Crippen LogP) is 4.83. The molecule has 1 N–H and O–H groups in total. The van der Waals surface area contributed by atoms with Crippen LogP contribution in [0.3, 0.4) is 0 Å². The van der Waals surface area contributed by atoms with E-state index in [1.807, 2.05) is 26.8 Å². The van der Waals surface area contributed by atoms with E-state index in [-0.39, 0.29) is 6.09 Å². The van der Waals surface area contributed by atoms with Crippen LogP contribution in [-0.2, 0) is 11.2 Å². The van der Waals surface area contributed by atoms with E-state index in [1.54, 1.807) is 4.90 Å². The Morgan fingerprint density at radius 1 is 1.39 bits per heavy atom. The maximum Gasteiger partial charge on any atom is 0.414 e. The molecule has 1 aromatic carbocycles. The second kappa shape index (κ2) is 7.24. The molecule has 1 heterocycles. The van der Waals surface area contributed by atoms with Crippen LogP contribution in [0.15, 0.2) is 18.2 Å². The number of nitrogens with one attached hydrogen (secondary N) is 1. The van der Waals surface area contributed by atoms with E-state index in [2.05, 4.69) is 31.3 Å². The third kappa shape index (κ3) is 4.88. The molecule has 0 radical (unpaired) electrons. The average molecular weight is 318 g/mol. The van der Waals surface area contributed by atoms with Gasteiger partial charge in [-0.15, -0.1) is 0 Å². The Balaban J connectivity index is 2.12. The van der Waals surface area contributed by atoms with Gasteiger partial charge in [0, 0.05) is 18.8 Å². The van der Waals surface area contributed by atoms with E-state index in [0.717, 1.165) is 37.3 Å². The minimum atomic E-state index is -0.466. The molecule has 23 heavy (non-hydrogen) atoms. The fraction of sp³-hybridized carbons (Fsp3) is 0.632. The number of rotatable bonds is 4. The maximum atomic E-state index is 12.4. The molecular formula is C19H30N2O2. The van der Waals surface area contributed by atoms with Gasteiger partial charge in [0.25, 0.3) is 0 Å². The van der Waals surface area contributed by atoms with Gasteiger partial charge >= 0.3 is 6.09 Å². The second-order valence-corrected chi connectivity index (χ2v) is 7.47. The third-order valence-electron chi connectivity index (χ3n) is 4.16. The highest BCUT2D eigenvalue weighted by Gasteiger charge is 2.27. The Morgan fingerprint density at radius 3 is 2.78 bits per heavy atom. The van der Waals surface area contributed by atoms with E-state index in [0.29, 0.717) is 5.92 Å². The molecule has 1 aromatic rings. The number of amides is 1. The molecule has 1 atom stereocenters. The van der Waals surface area contributed by atoms with Gasteiger partial charge in [-0.05, 0) is 63.3 Å². The molecular weight excluding hydrogens is 288 g/mol. The van der Waals surface area contributed by atoms with Crippen LogP contribution in [0.25, 0.3) is 0 Å². The summed E-state index contributed by atoms with van der Waals surface area (Å²) in [6.45, 7) is 11.9. The lowest BCUT2D eigenvalue weighted by atomic mass is 10.0. The summed E-state index contributed by atoms with van der Waals surface area (Å²) in [6.07, 6.45) is 2.90. The van der Waals surface area contributed by atoms with Crippen LogP contribution in [0.4, 0.5) is 16.2 Å². The van der Waals surface area contributed by atoms with Crippen LogP contribution in [0.5, 0.6) is 0 Å². The molecule has 0 aromatic heterocycles. The lowest BCUT2D eigenvalue weighted by molar-refractivity contribution is 0.0578. The van der Waals surface area contributed by atoms with E-state index in [1.165, 1.54) is 12.0 Å². The summed E-state index contributed by atoms with van der Waals surface area (Å²) >= 11 is 0. The molecule has 0 aliphatic carbocycles. The molecule has 0 bridgehead atoms. The van der Waals surface area contributed by atoms with Crippen molar-refractivity contribution in [2.45, 2.75) is 59.5 Å². The third-order valence-corrected chi connectivity index (χ3v) is 4.16. The SMILES string of the molecule is CCC(C)CNc1ccc2c(c1)CCCN2C(=O)OC(C)(C)C. The number of nitrogens with zero attached hydrogens (tertiary/aromatic N) is 1. The van der Waals surface area contributed by atoms with Crippen molar-refractivity contribution in [3.8, 4) is 0 Å². The topological polar surface area (TPSA) is 41.6 Å². The normalized spacial score (nSPS) is 15.8. The van der Waals surface area contributed by atoms with Gasteiger partial charge in [-0.2, -0.15) is 0 Å². The Labute approximate surface area is 140 Å². The highest BCUT2D eigenvalue weighted by atomic mass is 16.6. The van der Waals surface area contributed by atoms with Gasteiger partial charge in [0.1, 0.15) is 5.60 Å². The van der Waals surface area contributed by atoms with E-state index in [4.69, 9.17) is 4.74 Å². The summed E-state index contributed by atoms with van der Waals surface area (Å²) in [5.74, 6) is 0.657. The number of fused-ring (bicyclic) bond motifs is 1. The first-order chi connectivity index (χ1) is 10.8. The van der Waals surface area contributed by atoms with Crippen LogP contribution >= 0.6 is 0 Å². The monoisotopic (exact) mass is 318 g/mol. The zero-order valence-electron chi connectivity index (χ0n) is 15.1. The van der Waals surface area contributed by atoms with Crippen molar-refractivity contribution >= 4 is 17.5 Å². The van der Waals surface area contributed by atoms with Crippen molar-refractivity contribution in [1.82, 2.24) is 0 Å². The maximum absolute atomic E-state index is 12.4. The molecule has 0 saturated heterocycles. The van der Waals surface area contributed by atoms with Crippen LogP contribution in [0.1, 0.15) is 53.0 Å². The quantitative estimate of drug-likeness (QED) is 0.864. The lowest BCUT2D eigenvalue weighted by Gasteiger charge is -2.32. The van der Waals surface area contributed by atoms with Crippen molar-refractivity contribution in [2.24, 2.45) is 5.92 Å². The molecule has 1 aliphatic rings. The smallest absolute Gasteiger partial charge is 0.414 e. The van der Waals surface area contributed by atoms with Gasteiger partial charge in [0.15, 0.2) is 0 Å². The zero-order chi connectivity index (χ0) is 17.0. The molecule has 1 amide bonds. The van der Waals surface area contributed by atoms with Crippen LogP contribution in [-0.4, -0.2) is 24.8 Å². The second-order valence-electron chi connectivity index (χ2n) is 7.47. The Hall–Kier alpha value is -1.71. The molecule has 1 aliphatic heterocycles. The fourth-order valence-corrected chi connectivity index (χ4v) is 2.65. The number of hydrogen-bond donors (Lipinski definition) is 1. The molecule has 4 heteroatoms. The number of hydrogen-bond acceptors (Lipinski definition) is 3. The fourth-order valence-electron chi connectivity index (χ4n) is 2.65. The molecule has 4 nitrogen and oxygen atoms in total. The Morgan fingerprint density at radius 2 is 2.13 bits per heavy atom. The number of anilines is 2. The van der Waals surface area contributed by atoms with Gasteiger partial charge in [-0.3, -0.25) is 4.90 Å². The number of benzene rings is 1. The summed E-state index contributed by atoms with van der Waals surface area (Å²) in [7, 11) is 0. The standard InChI is InChI=1S/C19H30N2O2/c1-6-14(2)13-20-16-9-10-17-15(12-16)8-7-11-21(17)18(22)23-19(3,4)5/h9-10,12,14,20H,6-8,11,13H2,1-5H3. The van der Waals surface area contributed by atoms with Gasteiger partial charge in [0.2, 0.25) is 0 Å². The molecule has 0 spiro atoms. The molecule has 0 fully saturated rings. The van der Waals surface area contributed by atoms with Gasteiger partial charge in [-0.25, -0.2) is 4.79 Å². The average Bonchev–Trinajstić information content (AvgIpc) is 2.49. The summed E-state index contributed by atoms with van der Waals surface area (Å²) in [5.41, 5.74) is 2.87. The summed E-state index contributed by atoms with van der Waals surface area (Å²) < 4.78 is 5.53. The van der Waals surface area contributed by atoms with E-state index >= 15 is 0 Å². The van der Waals surface area contributed by atoms with E-state index in [9.17, 15) is 4.79 Å². The lowest BCUT2D eigenvalue weighted by Crippen LogP contribution is -2.39. The minimum Gasteiger partial charge on any atom is -0.443 e. The molecule has 128 valence electrons. The van der Waals surface area contributed by atoms with E-state index < -0.39 is 5.60 Å². The van der Waals surface area contributed by atoms with Gasteiger partial charge in [0.05, 0.1) is 5.69 Å². The summed E-state index contributed by atoms with van der Waals surface area (Å²) in [4.78, 5) is 14.2. The van der Waals surface area contributed by atoms with Crippen molar-refractivity contribution in [1.29, 1.82) is 0 Å². The van der Waals surface area contributed by atoms with Crippen molar-refractivity contribution < 1.29 is 9.53 Å². The van der Waals surface area contributed by atoms with Crippen LogP contribution in [0, 0.1) is 5.92 Å². The summed E-state index contributed by atoms with van der Waals surface area (Å²) in [5, 5.41) is 3.49. The Kier molecular flexibility index (Phi) is 5.55. The zero-order valence-corrected chi connectivity index (χ0v) is 15.1. The van der Waals surface area contributed by atoms with Crippen LogP contribution < -0.4 is 10.2 Å². The number of carbonyl (C=O) groups is 1. The van der Waals surface area contributed by atoms with Crippen molar-refractivity contribution in [3.05, 3.63) is 23.8 Å². The highest BCUT2D eigenvalue weighted by molar-refractivity contribution is 5.90. The number of aryl methyl sites for hydroxylation is 1. The largest absolute Gasteiger partial charge is 0.443 e. The first-order valence-corrected chi connectivity index (χ1v) is 8.67. The minimum absolute atomic E-state index is 0.251.